The molecule has 0 bridgehead atoms. The first-order chi connectivity index (χ1) is 11.5. The average molecular weight is 322 g/mol. The number of carbonyl (C=O) groups excluding carboxylic acids is 1. The second kappa shape index (κ2) is 6.66. The van der Waals surface area contributed by atoms with Crippen molar-refractivity contribution in [1.82, 2.24) is 9.97 Å². The highest BCUT2D eigenvalue weighted by molar-refractivity contribution is 5.97. The van der Waals surface area contributed by atoms with Crippen molar-refractivity contribution in [2.75, 3.05) is 0 Å². The van der Waals surface area contributed by atoms with Crippen molar-refractivity contribution in [2.24, 2.45) is 0 Å². The fourth-order valence-electron chi connectivity index (χ4n) is 2.24. The summed E-state index contributed by atoms with van der Waals surface area (Å²) in [6, 6.07) is 12.6. The van der Waals surface area contributed by atoms with Crippen LogP contribution in [0.1, 0.15) is 31.1 Å². The lowest BCUT2D eigenvalue weighted by molar-refractivity contribution is 0.101. The number of nitrogens with zero attached hydrogens (tertiary/aromatic N) is 2. The first-order valence-corrected chi connectivity index (χ1v) is 7.73. The van der Waals surface area contributed by atoms with Crippen molar-refractivity contribution in [1.29, 1.82) is 0 Å². The third-order valence-corrected chi connectivity index (χ3v) is 3.34. The Hall–Kier alpha value is -2.95. The van der Waals surface area contributed by atoms with Crippen LogP contribution < -0.4 is 9.47 Å². The van der Waals surface area contributed by atoms with Gasteiger partial charge in [-0.2, -0.15) is 0 Å². The van der Waals surface area contributed by atoms with E-state index in [0.29, 0.717) is 28.2 Å². The number of aromatic nitrogens is 2. The molecule has 1 aromatic heterocycles. The summed E-state index contributed by atoms with van der Waals surface area (Å²) in [6.45, 7) is 5.48. The van der Waals surface area contributed by atoms with Crippen LogP contribution >= 0.6 is 0 Å². The van der Waals surface area contributed by atoms with Crippen molar-refractivity contribution in [2.45, 2.75) is 26.9 Å². The zero-order valence-corrected chi connectivity index (χ0v) is 13.8. The normalized spacial score (nSPS) is 10.8. The molecule has 0 aliphatic heterocycles. The Bertz CT molecular complexity index is 873. The molecule has 5 nitrogen and oxygen atoms in total. The summed E-state index contributed by atoms with van der Waals surface area (Å²) in [5.74, 6) is 1.84. The first kappa shape index (κ1) is 15.9. The van der Waals surface area contributed by atoms with E-state index in [4.69, 9.17) is 9.47 Å². The molecule has 0 radical (unpaired) electrons. The maximum Gasteiger partial charge on any atom is 0.238 e. The molecule has 0 spiro atoms. The van der Waals surface area contributed by atoms with Gasteiger partial charge in [0.25, 0.3) is 0 Å². The molecule has 2 aromatic carbocycles. The van der Waals surface area contributed by atoms with Crippen molar-refractivity contribution in [3.8, 4) is 17.4 Å². The van der Waals surface area contributed by atoms with Crippen molar-refractivity contribution in [3.05, 3.63) is 54.2 Å². The lowest BCUT2D eigenvalue weighted by Crippen LogP contribution is -2.05. The van der Waals surface area contributed by atoms with Crippen LogP contribution in [-0.2, 0) is 0 Å². The van der Waals surface area contributed by atoms with E-state index in [0.717, 1.165) is 5.75 Å². The van der Waals surface area contributed by atoms with Gasteiger partial charge in [0, 0.05) is 5.56 Å². The highest BCUT2D eigenvalue weighted by Crippen LogP contribution is 2.24. The van der Waals surface area contributed by atoms with Gasteiger partial charge in [-0.05, 0) is 63.2 Å². The van der Waals surface area contributed by atoms with Crippen LogP contribution in [0.2, 0.25) is 0 Å². The van der Waals surface area contributed by atoms with Gasteiger partial charge in [0.15, 0.2) is 5.78 Å². The van der Waals surface area contributed by atoms with Crippen molar-refractivity contribution in [3.63, 3.8) is 0 Å². The molecule has 3 aromatic rings. The molecule has 0 aliphatic rings. The summed E-state index contributed by atoms with van der Waals surface area (Å²) in [5, 5.41) is 0. The van der Waals surface area contributed by atoms with Gasteiger partial charge in [-0.15, -0.1) is 0 Å². The molecule has 0 unspecified atom stereocenters. The topological polar surface area (TPSA) is 61.3 Å². The van der Waals surface area contributed by atoms with Gasteiger partial charge in [0.2, 0.25) is 5.88 Å². The molecular formula is C19H18N2O3. The Balaban J connectivity index is 1.80. The van der Waals surface area contributed by atoms with Gasteiger partial charge in [-0.1, -0.05) is 0 Å². The Morgan fingerprint density at radius 1 is 1.00 bits per heavy atom. The third-order valence-electron chi connectivity index (χ3n) is 3.34. The van der Waals surface area contributed by atoms with Gasteiger partial charge >= 0.3 is 0 Å². The van der Waals surface area contributed by atoms with E-state index in [1.807, 2.05) is 38.1 Å². The molecule has 122 valence electrons. The zero-order valence-electron chi connectivity index (χ0n) is 13.8. The lowest BCUT2D eigenvalue weighted by atomic mass is 10.1. The number of carbonyl (C=O) groups is 1. The summed E-state index contributed by atoms with van der Waals surface area (Å²) >= 11 is 0. The largest absolute Gasteiger partial charge is 0.491 e. The fourth-order valence-corrected chi connectivity index (χ4v) is 2.24. The molecule has 5 heteroatoms. The van der Waals surface area contributed by atoms with Gasteiger partial charge in [0.05, 0.1) is 23.3 Å². The van der Waals surface area contributed by atoms with Crippen LogP contribution in [0.25, 0.3) is 11.0 Å². The number of rotatable bonds is 5. The second-order valence-corrected chi connectivity index (χ2v) is 5.71. The van der Waals surface area contributed by atoms with E-state index in [1.165, 1.54) is 6.92 Å². The van der Waals surface area contributed by atoms with Crippen LogP contribution in [-0.4, -0.2) is 21.9 Å². The zero-order chi connectivity index (χ0) is 17.1. The number of benzene rings is 2. The van der Waals surface area contributed by atoms with E-state index in [9.17, 15) is 4.79 Å². The summed E-state index contributed by atoms with van der Waals surface area (Å²) in [4.78, 5) is 20.1. The number of ether oxygens (including phenoxy) is 2. The molecule has 0 amide bonds. The Morgan fingerprint density at radius 3 is 2.38 bits per heavy atom. The van der Waals surface area contributed by atoms with E-state index in [-0.39, 0.29) is 11.9 Å². The molecule has 0 N–H and O–H groups in total. The monoisotopic (exact) mass is 322 g/mol. The third kappa shape index (κ3) is 3.68. The maximum atomic E-state index is 11.4. The van der Waals surface area contributed by atoms with Gasteiger partial charge in [-0.25, -0.2) is 9.97 Å². The highest BCUT2D eigenvalue weighted by Gasteiger charge is 2.06. The number of Topliss-reactive ketones (excluding diaryl/α,β-unsaturated/α-hetero) is 1. The minimum Gasteiger partial charge on any atom is -0.491 e. The highest BCUT2D eigenvalue weighted by atomic mass is 16.5. The summed E-state index contributed by atoms with van der Waals surface area (Å²) in [5.41, 5.74) is 1.96. The Kier molecular flexibility index (Phi) is 4.42. The summed E-state index contributed by atoms with van der Waals surface area (Å²) < 4.78 is 11.3. The molecule has 0 saturated heterocycles. The summed E-state index contributed by atoms with van der Waals surface area (Å²) in [7, 11) is 0. The number of hydrogen-bond donors (Lipinski definition) is 0. The molecule has 24 heavy (non-hydrogen) atoms. The van der Waals surface area contributed by atoms with Gasteiger partial charge < -0.3 is 9.47 Å². The Labute approximate surface area is 140 Å². The van der Waals surface area contributed by atoms with Gasteiger partial charge in [-0.3, -0.25) is 4.79 Å². The van der Waals surface area contributed by atoms with Crippen LogP contribution in [0, 0.1) is 0 Å². The van der Waals surface area contributed by atoms with Crippen LogP contribution in [0.15, 0.2) is 48.7 Å². The Morgan fingerprint density at radius 2 is 1.71 bits per heavy atom. The number of hydrogen-bond acceptors (Lipinski definition) is 5. The average Bonchev–Trinajstić information content (AvgIpc) is 2.55. The second-order valence-electron chi connectivity index (χ2n) is 5.71. The summed E-state index contributed by atoms with van der Waals surface area (Å²) in [6.07, 6.45) is 1.67. The van der Waals surface area contributed by atoms with Crippen LogP contribution in [0.3, 0.4) is 0 Å². The number of ketones is 1. The van der Waals surface area contributed by atoms with Crippen LogP contribution in [0.4, 0.5) is 0 Å². The SMILES string of the molecule is CC(=O)c1ccc2nc(Oc3ccc(OC(C)C)cc3)cnc2c1. The quantitative estimate of drug-likeness (QED) is 0.651. The molecule has 0 fully saturated rings. The smallest absolute Gasteiger partial charge is 0.238 e. The fraction of sp³-hybridized carbons (Fsp3) is 0.211. The van der Waals surface area contributed by atoms with Crippen molar-refractivity contribution >= 4 is 16.8 Å². The predicted octanol–water partition coefficient (Wildman–Crippen LogP) is 4.41. The molecule has 1 heterocycles. The number of fused-ring (bicyclic) bond motifs is 1. The molecular weight excluding hydrogens is 304 g/mol. The maximum absolute atomic E-state index is 11.4. The van der Waals surface area contributed by atoms with E-state index in [2.05, 4.69) is 9.97 Å². The predicted molar refractivity (Wildman–Crippen MR) is 91.8 cm³/mol. The van der Waals surface area contributed by atoms with Crippen molar-refractivity contribution < 1.29 is 14.3 Å². The molecule has 0 aliphatic carbocycles. The standard InChI is InChI=1S/C19H18N2O3/c1-12(2)23-15-5-7-16(8-6-15)24-19-11-20-18-10-14(13(3)22)4-9-17(18)21-19/h4-12H,1-3H3. The molecule has 0 saturated carbocycles. The lowest BCUT2D eigenvalue weighted by Gasteiger charge is -2.10. The first-order valence-electron chi connectivity index (χ1n) is 7.73. The van der Waals surface area contributed by atoms with E-state index >= 15 is 0 Å². The van der Waals surface area contributed by atoms with E-state index in [1.54, 1.807) is 24.4 Å². The minimum atomic E-state index is 0.00253. The van der Waals surface area contributed by atoms with Gasteiger partial charge in [0.1, 0.15) is 11.5 Å². The van der Waals surface area contributed by atoms with E-state index < -0.39 is 0 Å². The molecule has 3 rings (SSSR count). The van der Waals surface area contributed by atoms with Crippen LogP contribution in [0.5, 0.6) is 17.4 Å². The minimum absolute atomic E-state index is 0.00253. The molecule has 0 atom stereocenters.